The molecule has 1 saturated heterocycles. The van der Waals surface area contributed by atoms with E-state index in [1.165, 1.54) is 13.4 Å². The number of rotatable bonds is 38. The first kappa shape index (κ1) is 69.8. The fraction of sp³-hybridized carbons (Fsp3) is 0.491. The smallest absolute Gasteiger partial charge is 0.303 e. The number of carboxylic acid groups (broad SMARTS) is 1. The maximum atomic E-state index is 14.8. The minimum absolute atomic E-state index is 0.0128. The van der Waals surface area contributed by atoms with Gasteiger partial charge in [-0.05, 0) is 62.1 Å². The molecule has 9 amide bonds. The number of guanidine groups is 2. The molecule has 1 aliphatic heterocycles. The molecule has 1 unspecified atom stereocenters. The molecule has 86 heavy (non-hydrogen) atoms. The molecule has 33 heteroatoms. The topological polar surface area (TPSA) is 506 Å². The zero-order chi connectivity index (χ0) is 63.3. The average Bonchev–Trinajstić information content (AvgIpc) is 2.73. The van der Waals surface area contributed by atoms with Gasteiger partial charge < -0.3 is 86.4 Å². The summed E-state index contributed by atoms with van der Waals surface area (Å²) in [4.78, 5) is 153. The number of hydrogen-bond acceptors (Lipinski definition) is 17. The van der Waals surface area contributed by atoms with Gasteiger partial charge >= 0.3 is 5.97 Å². The number of aliphatic carboxylic acids is 1. The van der Waals surface area contributed by atoms with Gasteiger partial charge in [0.2, 0.25) is 53.2 Å². The van der Waals surface area contributed by atoms with Crippen LogP contribution in [0.4, 0.5) is 0 Å². The molecule has 1 aromatic heterocycles. The van der Waals surface area contributed by atoms with Crippen molar-refractivity contribution in [1.29, 1.82) is 0 Å². The lowest BCUT2D eigenvalue weighted by molar-refractivity contribution is -0.146. The first-order valence-electron chi connectivity index (χ1n) is 27.5. The van der Waals surface area contributed by atoms with Gasteiger partial charge in [0.05, 0.1) is 12.9 Å². The van der Waals surface area contributed by atoms with Gasteiger partial charge in [0.25, 0.3) is 0 Å². The Bertz CT molecular complexity index is 2890. The number of para-hydroxylation sites is 1. The van der Waals surface area contributed by atoms with Gasteiger partial charge in [0.1, 0.15) is 48.3 Å². The summed E-state index contributed by atoms with van der Waals surface area (Å²) in [5, 5.41) is 44.7. The third-order valence-electron chi connectivity index (χ3n) is 13.4. The number of carbonyl (C=O) groups is 10. The van der Waals surface area contributed by atoms with Crippen LogP contribution in [0.25, 0.3) is 10.9 Å². The van der Waals surface area contributed by atoms with Crippen LogP contribution in [-0.4, -0.2) is 197 Å². The number of hydrogen-bond donors (Lipinski definition) is 19. The van der Waals surface area contributed by atoms with Crippen LogP contribution in [-0.2, 0) is 60.8 Å². The molecule has 1 fully saturated rings. The van der Waals surface area contributed by atoms with Gasteiger partial charge in [-0.15, -0.1) is 0 Å². The van der Waals surface area contributed by atoms with Crippen LogP contribution in [0.2, 0.25) is 0 Å². The fourth-order valence-electron chi connectivity index (χ4n) is 8.97. The van der Waals surface area contributed by atoms with E-state index in [2.05, 4.69) is 93.1 Å². The van der Waals surface area contributed by atoms with Crippen molar-refractivity contribution in [2.75, 3.05) is 44.7 Å². The largest absolute Gasteiger partial charge is 0.481 e. The highest BCUT2D eigenvalue weighted by Gasteiger charge is 2.40. The lowest BCUT2D eigenvalue weighted by Crippen LogP contribution is -2.61. The highest BCUT2D eigenvalue weighted by atomic mass is 32.1. The summed E-state index contributed by atoms with van der Waals surface area (Å²) < 4.78 is 0. The molecule has 4 rings (SSSR count). The van der Waals surface area contributed by atoms with Gasteiger partial charge in [-0.2, -0.15) is 25.3 Å². The van der Waals surface area contributed by atoms with Crippen molar-refractivity contribution in [3.63, 3.8) is 0 Å². The summed E-state index contributed by atoms with van der Waals surface area (Å²) in [5.74, 6) is -10.3. The zero-order valence-electron chi connectivity index (χ0n) is 47.4. The van der Waals surface area contributed by atoms with Crippen molar-refractivity contribution in [2.24, 2.45) is 43.6 Å². The molecule has 470 valence electrons. The lowest BCUT2D eigenvalue weighted by Gasteiger charge is -2.30. The second kappa shape index (κ2) is 36.2. The number of thiol groups is 2. The number of nitrogens with zero attached hydrogens (tertiary/aromatic N) is 4. The molecule has 22 N–H and O–H groups in total. The number of fused-ring (bicyclic) bond motifs is 1. The van der Waals surface area contributed by atoms with E-state index in [4.69, 9.17) is 28.7 Å². The number of carbonyl (C=O) groups excluding carboxylic acids is 9. The van der Waals surface area contributed by atoms with E-state index < -0.39 is 127 Å². The molecule has 1 aliphatic rings. The number of aromatic amines is 1. The number of H-pyrrole nitrogens is 1. The van der Waals surface area contributed by atoms with Gasteiger partial charge in [-0.1, -0.05) is 48.5 Å². The SMILES string of the molecule is CN=CNCCC[C@H](NC(=O)[C@H](CCC(=O)O)NC(=O)[C@H](CS)NC(=O)[C@@H](CCCN=C(N)N)N1C(=O)CNC1O)C(=O)N[C@H](Cc1ccccc1)C(=O)N[C@@H](CCCN=C(N)N)C(=O)N[C@@H](Cc1c[nH]c2ccccc12)C(=O)N[C@@H](CS)C(N)=O. The van der Waals surface area contributed by atoms with Gasteiger partial charge in [-0.3, -0.25) is 73.1 Å². The lowest BCUT2D eigenvalue weighted by atomic mass is 10.0. The quantitative estimate of drug-likeness (QED) is 0.0110. The number of carboxylic acids is 1. The number of primary amides is 1. The molecule has 2 aromatic carbocycles. The molecule has 31 nitrogen and oxygen atoms in total. The Hall–Kier alpha value is -8.69. The predicted molar refractivity (Wildman–Crippen MR) is 326 cm³/mol. The molecule has 0 saturated carbocycles. The summed E-state index contributed by atoms with van der Waals surface area (Å²) in [6, 6.07) is 4.20. The van der Waals surface area contributed by atoms with Crippen molar-refractivity contribution in [1.82, 2.24) is 57.7 Å². The van der Waals surface area contributed by atoms with Crippen LogP contribution in [0.1, 0.15) is 62.5 Å². The first-order valence-corrected chi connectivity index (χ1v) is 28.7. The number of nitrogens with two attached hydrogens (primary N) is 5. The maximum absolute atomic E-state index is 14.8. The molecule has 0 spiro atoms. The predicted octanol–water partition coefficient (Wildman–Crippen LogP) is -5.23. The minimum Gasteiger partial charge on any atom is -0.481 e. The third kappa shape index (κ3) is 23.1. The number of benzene rings is 2. The number of aliphatic hydroxyl groups is 1. The second-order valence-corrected chi connectivity index (χ2v) is 20.6. The number of aromatic nitrogens is 1. The molecule has 9 atom stereocenters. The number of amides is 9. The highest BCUT2D eigenvalue weighted by Crippen LogP contribution is 2.20. The molecule has 0 bridgehead atoms. The number of aliphatic hydroxyl groups excluding tert-OH is 1. The van der Waals surface area contributed by atoms with Crippen LogP contribution in [0.3, 0.4) is 0 Å². The Balaban J connectivity index is 1.66. The third-order valence-corrected chi connectivity index (χ3v) is 14.1. The maximum Gasteiger partial charge on any atom is 0.303 e. The van der Waals surface area contributed by atoms with Crippen molar-refractivity contribution in [3.8, 4) is 0 Å². The van der Waals surface area contributed by atoms with Crippen LogP contribution in [0.15, 0.2) is 75.8 Å². The molecule has 3 aromatic rings. The van der Waals surface area contributed by atoms with E-state index in [9.17, 15) is 58.2 Å². The van der Waals surface area contributed by atoms with Crippen molar-refractivity contribution in [3.05, 3.63) is 71.9 Å². The summed E-state index contributed by atoms with van der Waals surface area (Å²) in [6.45, 7) is 0.00122. The Morgan fingerprint density at radius 3 is 1.66 bits per heavy atom. The van der Waals surface area contributed by atoms with Crippen molar-refractivity contribution in [2.45, 2.75) is 119 Å². The Labute approximate surface area is 506 Å². The summed E-state index contributed by atoms with van der Waals surface area (Å²) in [7, 11) is 1.52. The molecule has 0 aliphatic carbocycles. The number of nitrogens with one attached hydrogen (secondary N) is 10. The molecule has 2 heterocycles. The van der Waals surface area contributed by atoms with E-state index in [1.54, 1.807) is 42.6 Å². The van der Waals surface area contributed by atoms with Gasteiger partial charge in [0.15, 0.2) is 18.3 Å². The van der Waals surface area contributed by atoms with Crippen LogP contribution >= 0.6 is 25.3 Å². The number of aliphatic imine (C=N–C) groups is 3. The second-order valence-electron chi connectivity index (χ2n) is 19.8. The monoisotopic (exact) mass is 1240 g/mol. The van der Waals surface area contributed by atoms with E-state index in [1.807, 2.05) is 18.2 Å². The van der Waals surface area contributed by atoms with Gasteiger partial charge in [-0.25, -0.2) is 0 Å². The van der Waals surface area contributed by atoms with Crippen LogP contribution < -0.4 is 76.5 Å². The van der Waals surface area contributed by atoms with Crippen LogP contribution in [0.5, 0.6) is 0 Å². The summed E-state index contributed by atoms with van der Waals surface area (Å²) >= 11 is 8.39. The Kier molecular flexibility index (Phi) is 29.4. The Morgan fingerprint density at radius 1 is 0.640 bits per heavy atom. The molecule has 0 radical (unpaired) electrons. The van der Waals surface area contributed by atoms with E-state index >= 15 is 0 Å². The molecular weight excluding hydrogens is 1160 g/mol. The Morgan fingerprint density at radius 2 is 1.13 bits per heavy atom. The van der Waals surface area contributed by atoms with Crippen molar-refractivity contribution >= 4 is 114 Å². The first-order chi connectivity index (χ1) is 41.1. The van der Waals surface area contributed by atoms with E-state index in [0.29, 0.717) is 11.1 Å². The zero-order valence-corrected chi connectivity index (χ0v) is 49.2. The van der Waals surface area contributed by atoms with E-state index in [-0.39, 0.29) is 101 Å². The normalized spacial score (nSPS) is 15.7. The average molecular weight is 1240 g/mol. The minimum atomic E-state index is -1.66. The van der Waals surface area contributed by atoms with Gasteiger partial charge in [0, 0.05) is 74.5 Å². The standard InChI is InChI=1S/C53H79N19O12S2/c1-59-28-60-19-7-14-33(65-46(79)35(17-18-42(74)75)67-49(82)39(27-86)71-50(83)40(16-9-21-62-52(57)58)72-41(73)25-64-53(72)84)44(77)68-36(22-29-10-3-2-4-11-29)47(80)66-34(15-8-20-61-51(55)56)45(78)69-37(48(81)70-38(26-85)43(54)76)23-30-24-63-32-13-6-5-12-31(30)32/h2-6,10-13,24,28,33-40,53,63-64,84-86H,7-9,14-23,25-27H2,1H3,(H2,54,76)(H,59,60)(H,65,79)(H,66,80)(H,67,82)(H,68,77)(H,69,78)(H,70,81)(H,71,83)(H,74,75)(H4,55,56,61)(H4,57,58,62)/t33-,34-,35-,36+,37-,38-,39-,40+,53?/m0/s1. The van der Waals surface area contributed by atoms with Crippen LogP contribution in [0, 0.1) is 0 Å². The fourth-order valence-corrected chi connectivity index (χ4v) is 9.50. The summed E-state index contributed by atoms with van der Waals surface area (Å²) in [6.07, 6.45) is 0.218. The van der Waals surface area contributed by atoms with E-state index in [0.717, 1.165) is 15.8 Å². The van der Waals surface area contributed by atoms with Crippen molar-refractivity contribution < 1.29 is 58.2 Å². The highest BCUT2D eigenvalue weighted by molar-refractivity contribution is 7.80. The summed E-state index contributed by atoms with van der Waals surface area (Å²) in [5.41, 5.74) is 29.5. The molecular formula is C53H79N19O12S2.